The molecule has 1 saturated carbocycles. The number of hydrogen-bond donors (Lipinski definition) is 3. The second-order valence-electron chi connectivity index (χ2n) is 7.49. The van der Waals surface area contributed by atoms with E-state index in [1.54, 1.807) is 0 Å². The predicted octanol–water partition coefficient (Wildman–Crippen LogP) is 2.12. The summed E-state index contributed by atoms with van der Waals surface area (Å²) in [5.41, 5.74) is -0.386. The molecule has 0 aromatic carbocycles. The lowest BCUT2D eigenvalue weighted by molar-refractivity contribution is 0.0657. The van der Waals surface area contributed by atoms with Crippen LogP contribution >= 0.6 is 0 Å². The maximum atomic E-state index is 12.7. The van der Waals surface area contributed by atoms with Gasteiger partial charge < -0.3 is 20.4 Å². The van der Waals surface area contributed by atoms with Crippen LogP contribution in [0.2, 0.25) is 0 Å². The van der Waals surface area contributed by atoms with Gasteiger partial charge in [-0.15, -0.1) is 0 Å². The average Bonchev–Trinajstić information content (AvgIpc) is 3.06. The van der Waals surface area contributed by atoms with E-state index in [0.717, 1.165) is 51.5 Å². The summed E-state index contributed by atoms with van der Waals surface area (Å²) >= 11 is 0. The molecule has 2 fully saturated rings. The third-order valence-corrected chi connectivity index (χ3v) is 5.39. The van der Waals surface area contributed by atoms with E-state index < -0.39 is 0 Å². The van der Waals surface area contributed by atoms with Crippen LogP contribution in [0.25, 0.3) is 0 Å². The molecule has 3 N–H and O–H groups in total. The van der Waals surface area contributed by atoms with Gasteiger partial charge >= 0.3 is 6.03 Å². The fourth-order valence-corrected chi connectivity index (χ4v) is 4.43. The first-order valence-corrected chi connectivity index (χ1v) is 8.82. The quantitative estimate of drug-likeness (QED) is 0.703. The van der Waals surface area contributed by atoms with Crippen LogP contribution in [0.5, 0.6) is 0 Å². The maximum Gasteiger partial charge on any atom is 0.318 e. The molecule has 5 heteroatoms. The van der Waals surface area contributed by atoms with Crippen molar-refractivity contribution in [1.82, 2.24) is 10.2 Å². The van der Waals surface area contributed by atoms with Crippen molar-refractivity contribution in [2.75, 3.05) is 19.8 Å². The summed E-state index contributed by atoms with van der Waals surface area (Å²) < 4.78 is 0. The molecule has 1 heterocycles. The van der Waals surface area contributed by atoms with E-state index >= 15 is 0 Å². The molecule has 2 aliphatic rings. The Morgan fingerprint density at radius 3 is 2.73 bits per heavy atom. The van der Waals surface area contributed by atoms with E-state index in [1.165, 1.54) is 0 Å². The predicted molar refractivity (Wildman–Crippen MR) is 86.6 cm³/mol. The van der Waals surface area contributed by atoms with Gasteiger partial charge in [-0.25, -0.2) is 4.79 Å². The zero-order valence-electron chi connectivity index (χ0n) is 14.1. The van der Waals surface area contributed by atoms with Gasteiger partial charge in [0.1, 0.15) is 0 Å². The minimum absolute atomic E-state index is 0.0259. The Bertz CT molecular complexity index is 375. The van der Waals surface area contributed by atoms with Crippen LogP contribution in [0.4, 0.5) is 4.79 Å². The number of nitrogens with one attached hydrogen (secondary N) is 1. The van der Waals surface area contributed by atoms with E-state index in [9.17, 15) is 9.90 Å². The number of amides is 2. The average molecular weight is 312 g/mol. The summed E-state index contributed by atoms with van der Waals surface area (Å²) in [5, 5.41) is 22.3. The normalized spacial score (nSPS) is 32.0. The summed E-state index contributed by atoms with van der Waals surface area (Å²) in [4.78, 5) is 14.6. The topological polar surface area (TPSA) is 72.8 Å². The molecule has 2 amide bonds. The first kappa shape index (κ1) is 17.5. The summed E-state index contributed by atoms with van der Waals surface area (Å²) in [5.74, 6) is 0.847. The molecule has 5 nitrogen and oxygen atoms in total. The fourth-order valence-electron chi connectivity index (χ4n) is 4.43. The van der Waals surface area contributed by atoms with Gasteiger partial charge in [0.25, 0.3) is 0 Å². The SMILES string of the molecule is CC(C)C[C@]1(CO)CCCN1C(=O)N[C@H]1CCC[C@H]1CCO. The number of nitrogens with zero attached hydrogens (tertiary/aromatic N) is 1. The summed E-state index contributed by atoms with van der Waals surface area (Å²) in [7, 11) is 0. The van der Waals surface area contributed by atoms with Crippen molar-refractivity contribution in [2.24, 2.45) is 11.8 Å². The van der Waals surface area contributed by atoms with Gasteiger partial charge in [0.05, 0.1) is 12.1 Å². The maximum absolute atomic E-state index is 12.7. The smallest absolute Gasteiger partial charge is 0.318 e. The van der Waals surface area contributed by atoms with E-state index in [0.29, 0.717) is 11.8 Å². The van der Waals surface area contributed by atoms with Gasteiger partial charge in [-0.05, 0) is 50.4 Å². The summed E-state index contributed by atoms with van der Waals surface area (Å²) in [6, 6.07) is 0.151. The largest absolute Gasteiger partial charge is 0.396 e. The Hall–Kier alpha value is -0.810. The van der Waals surface area contributed by atoms with Crippen LogP contribution in [0.3, 0.4) is 0 Å². The molecule has 0 unspecified atom stereocenters. The molecule has 1 aliphatic heterocycles. The van der Waals surface area contributed by atoms with Crippen LogP contribution < -0.4 is 5.32 Å². The number of urea groups is 1. The van der Waals surface area contributed by atoms with Crippen molar-refractivity contribution in [3.05, 3.63) is 0 Å². The fraction of sp³-hybridized carbons (Fsp3) is 0.941. The molecule has 3 atom stereocenters. The monoisotopic (exact) mass is 312 g/mol. The minimum atomic E-state index is -0.386. The molecule has 128 valence electrons. The second-order valence-corrected chi connectivity index (χ2v) is 7.49. The molecule has 0 aromatic heterocycles. The van der Waals surface area contributed by atoms with Gasteiger partial charge in [-0.2, -0.15) is 0 Å². The zero-order chi connectivity index (χ0) is 16.2. The van der Waals surface area contributed by atoms with Gasteiger partial charge in [-0.3, -0.25) is 0 Å². The van der Waals surface area contributed by atoms with Crippen molar-refractivity contribution in [2.45, 2.75) is 70.4 Å². The molecule has 1 saturated heterocycles. The number of aliphatic hydroxyl groups excluding tert-OH is 2. The van der Waals surface area contributed by atoms with E-state index in [2.05, 4.69) is 19.2 Å². The Morgan fingerprint density at radius 2 is 2.09 bits per heavy atom. The number of likely N-dealkylation sites (tertiary alicyclic amines) is 1. The Kier molecular flexibility index (Phi) is 6.09. The highest BCUT2D eigenvalue weighted by atomic mass is 16.3. The van der Waals surface area contributed by atoms with E-state index in [1.807, 2.05) is 4.90 Å². The third-order valence-electron chi connectivity index (χ3n) is 5.39. The number of carbonyl (C=O) groups is 1. The highest BCUT2D eigenvalue weighted by Gasteiger charge is 2.44. The van der Waals surface area contributed by atoms with Gasteiger partial charge in [-0.1, -0.05) is 20.3 Å². The number of carbonyl (C=O) groups excluding carboxylic acids is 1. The first-order valence-electron chi connectivity index (χ1n) is 8.82. The van der Waals surface area contributed by atoms with E-state index in [4.69, 9.17) is 5.11 Å². The van der Waals surface area contributed by atoms with Crippen LogP contribution in [0.15, 0.2) is 0 Å². The highest BCUT2D eigenvalue weighted by molar-refractivity contribution is 5.76. The number of aliphatic hydroxyl groups is 2. The third kappa shape index (κ3) is 3.74. The summed E-state index contributed by atoms with van der Waals surface area (Å²) in [6.45, 7) is 5.24. The highest BCUT2D eigenvalue weighted by Crippen LogP contribution is 2.35. The Labute approximate surface area is 134 Å². The van der Waals surface area contributed by atoms with Gasteiger partial charge in [0.2, 0.25) is 0 Å². The van der Waals surface area contributed by atoms with Crippen LogP contribution in [-0.2, 0) is 0 Å². The van der Waals surface area contributed by atoms with Crippen molar-refractivity contribution in [1.29, 1.82) is 0 Å². The van der Waals surface area contributed by atoms with Gasteiger partial charge in [0, 0.05) is 19.2 Å². The van der Waals surface area contributed by atoms with Crippen molar-refractivity contribution in [3.63, 3.8) is 0 Å². The van der Waals surface area contributed by atoms with E-state index in [-0.39, 0.29) is 30.8 Å². The standard InChI is InChI=1S/C17H32N2O3/c1-13(2)11-17(12-21)8-4-9-19(17)16(22)18-15-6-3-5-14(15)7-10-20/h13-15,20-21H,3-12H2,1-2H3,(H,18,22)/t14-,15-,17-/m0/s1. The van der Waals surface area contributed by atoms with Gasteiger partial charge in [0.15, 0.2) is 0 Å². The minimum Gasteiger partial charge on any atom is -0.396 e. The summed E-state index contributed by atoms with van der Waals surface area (Å²) in [6.07, 6.45) is 6.67. The lowest BCUT2D eigenvalue weighted by Crippen LogP contribution is -2.56. The van der Waals surface area contributed by atoms with Crippen LogP contribution in [-0.4, -0.2) is 52.5 Å². The second kappa shape index (κ2) is 7.64. The molecular formula is C17H32N2O3. The molecular weight excluding hydrogens is 280 g/mol. The zero-order valence-corrected chi connectivity index (χ0v) is 14.1. The number of rotatable bonds is 6. The molecule has 0 bridgehead atoms. The molecule has 0 spiro atoms. The molecule has 2 rings (SSSR count). The Balaban J connectivity index is 2.01. The Morgan fingerprint density at radius 1 is 1.32 bits per heavy atom. The van der Waals surface area contributed by atoms with Crippen molar-refractivity contribution in [3.8, 4) is 0 Å². The number of hydrogen-bond acceptors (Lipinski definition) is 3. The molecule has 22 heavy (non-hydrogen) atoms. The first-order chi connectivity index (χ1) is 10.5. The van der Waals surface area contributed by atoms with Crippen LogP contribution in [0, 0.1) is 11.8 Å². The molecule has 1 aliphatic carbocycles. The van der Waals surface area contributed by atoms with Crippen molar-refractivity contribution < 1.29 is 15.0 Å². The lowest BCUT2D eigenvalue weighted by atomic mass is 9.87. The molecule has 0 aromatic rings. The molecule has 0 radical (unpaired) electrons. The van der Waals surface area contributed by atoms with Crippen LogP contribution in [0.1, 0.15) is 58.8 Å². The lowest BCUT2D eigenvalue weighted by Gasteiger charge is -2.39. The van der Waals surface area contributed by atoms with Crippen molar-refractivity contribution >= 4 is 6.03 Å².